The van der Waals surface area contributed by atoms with Crippen LogP contribution in [0.5, 0.6) is 5.75 Å². The zero-order valence-electron chi connectivity index (χ0n) is 13.6. The lowest BCUT2D eigenvalue weighted by atomic mass is 10.2. The van der Waals surface area contributed by atoms with Gasteiger partial charge in [-0.2, -0.15) is 0 Å². The second kappa shape index (κ2) is 7.97. The first-order valence-electron chi connectivity index (χ1n) is 7.32. The summed E-state index contributed by atoms with van der Waals surface area (Å²) in [6.07, 6.45) is -0.933. The van der Waals surface area contributed by atoms with Crippen LogP contribution >= 0.6 is 15.9 Å². The second-order valence-corrected chi connectivity index (χ2v) is 6.10. The number of anilines is 1. The number of ether oxygens (including phenoxy) is 2. The number of rotatable bonds is 5. The van der Waals surface area contributed by atoms with Gasteiger partial charge in [-0.25, -0.2) is 4.79 Å². The summed E-state index contributed by atoms with van der Waals surface area (Å²) in [4.78, 5) is 24.4. The van der Waals surface area contributed by atoms with Gasteiger partial charge in [0.05, 0.1) is 12.7 Å². The largest absolute Gasteiger partial charge is 0.497 e. The SMILES string of the molecule is COc1ccc(Br)c(C(=O)O[C@H](C)C(=O)Nc2ccc(C)cc2)c1. The molecule has 1 N–H and O–H groups in total. The number of esters is 1. The third-order valence-electron chi connectivity index (χ3n) is 3.37. The molecule has 0 aliphatic carbocycles. The number of hydrogen-bond donors (Lipinski definition) is 1. The fourth-order valence-corrected chi connectivity index (χ4v) is 2.35. The Labute approximate surface area is 149 Å². The molecule has 2 rings (SSSR count). The highest BCUT2D eigenvalue weighted by atomic mass is 79.9. The number of halogens is 1. The van der Waals surface area contributed by atoms with Crippen LogP contribution in [0.2, 0.25) is 0 Å². The third kappa shape index (κ3) is 4.58. The van der Waals surface area contributed by atoms with E-state index in [-0.39, 0.29) is 0 Å². The molecule has 126 valence electrons. The third-order valence-corrected chi connectivity index (χ3v) is 4.06. The van der Waals surface area contributed by atoms with E-state index in [1.54, 1.807) is 30.3 Å². The molecule has 0 aliphatic rings. The molecule has 1 atom stereocenters. The van der Waals surface area contributed by atoms with Gasteiger partial charge in [0.2, 0.25) is 0 Å². The van der Waals surface area contributed by atoms with Crippen molar-refractivity contribution in [2.24, 2.45) is 0 Å². The lowest BCUT2D eigenvalue weighted by molar-refractivity contribution is -0.123. The quantitative estimate of drug-likeness (QED) is 0.783. The Hall–Kier alpha value is -2.34. The minimum atomic E-state index is -0.933. The summed E-state index contributed by atoms with van der Waals surface area (Å²) in [5.41, 5.74) is 2.04. The van der Waals surface area contributed by atoms with Crippen LogP contribution in [0.1, 0.15) is 22.8 Å². The molecule has 0 saturated carbocycles. The molecule has 0 radical (unpaired) electrons. The fraction of sp³-hybridized carbons (Fsp3) is 0.222. The van der Waals surface area contributed by atoms with Gasteiger partial charge in [0.25, 0.3) is 5.91 Å². The predicted octanol–water partition coefficient (Wildman–Crippen LogP) is 3.95. The van der Waals surface area contributed by atoms with Crippen molar-refractivity contribution in [3.63, 3.8) is 0 Å². The monoisotopic (exact) mass is 391 g/mol. The standard InChI is InChI=1S/C18H18BrNO4/c1-11-4-6-13(7-5-11)20-17(21)12(2)24-18(22)15-10-14(23-3)8-9-16(15)19/h4-10,12H,1-3H3,(H,20,21)/t12-/m1/s1. The molecule has 0 spiro atoms. The van der Waals surface area contributed by atoms with Gasteiger partial charge in [0.15, 0.2) is 6.10 Å². The molecule has 0 bridgehead atoms. The number of carbonyl (C=O) groups is 2. The van der Waals surface area contributed by atoms with Gasteiger partial charge in [-0.3, -0.25) is 4.79 Å². The van der Waals surface area contributed by atoms with Crippen LogP contribution in [-0.4, -0.2) is 25.1 Å². The van der Waals surface area contributed by atoms with Gasteiger partial charge in [0, 0.05) is 10.2 Å². The molecule has 6 heteroatoms. The van der Waals surface area contributed by atoms with Crippen molar-refractivity contribution in [1.29, 1.82) is 0 Å². The smallest absolute Gasteiger partial charge is 0.340 e. The van der Waals surface area contributed by atoms with Gasteiger partial charge in [0.1, 0.15) is 5.75 Å². The van der Waals surface area contributed by atoms with E-state index in [1.165, 1.54) is 14.0 Å². The Morgan fingerprint density at radius 1 is 1.12 bits per heavy atom. The van der Waals surface area contributed by atoms with Gasteiger partial charge in [-0.15, -0.1) is 0 Å². The van der Waals surface area contributed by atoms with Gasteiger partial charge < -0.3 is 14.8 Å². The van der Waals surface area contributed by atoms with E-state index in [0.717, 1.165) is 5.56 Å². The lowest BCUT2D eigenvalue weighted by Crippen LogP contribution is -2.30. The molecule has 2 aromatic rings. The maximum absolute atomic E-state index is 12.3. The Morgan fingerprint density at radius 3 is 2.42 bits per heavy atom. The summed E-state index contributed by atoms with van der Waals surface area (Å²) in [5, 5.41) is 2.71. The molecule has 0 heterocycles. The average molecular weight is 392 g/mol. The van der Waals surface area contributed by atoms with Crippen LogP contribution in [-0.2, 0) is 9.53 Å². The fourth-order valence-electron chi connectivity index (χ4n) is 1.95. The van der Waals surface area contributed by atoms with Crippen LogP contribution in [0, 0.1) is 6.92 Å². The van der Waals surface area contributed by atoms with E-state index in [0.29, 0.717) is 21.5 Å². The van der Waals surface area contributed by atoms with Crippen molar-refractivity contribution in [1.82, 2.24) is 0 Å². The van der Waals surface area contributed by atoms with Crippen molar-refractivity contribution >= 4 is 33.5 Å². The highest BCUT2D eigenvalue weighted by molar-refractivity contribution is 9.10. The Balaban J connectivity index is 2.02. The maximum Gasteiger partial charge on any atom is 0.340 e. The average Bonchev–Trinajstić information content (AvgIpc) is 2.57. The zero-order chi connectivity index (χ0) is 17.7. The summed E-state index contributed by atoms with van der Waals surface area (Å²) in [6, 6.07) is 12.3. The molecule has 0 saturated heterocycles. The molecule has 2 aromatic carbocycles. The molecule has 0 fully saturated rings. The zero-order valence-corrected chi connectivity index (χ0v) is 15.2. The number of benzene rings is 2. The molecule has 1 amide bonds. The van der Waals surface area contributed by atoms with E-state index in [2.05, 4.69) is 21.2 Å². The number of methoxy groups -OCH3 is 1. The van der Waals surface area contributed by atoms with E-state index in [4.69, 9.17) is 9.47 Å². The van der Waals surface area contributed by atoms with Crippen LogP contribution in [0.25, 0.3) is 0 Å². The molecule has 0 unspecified atom stereocenters. The van der Waals surface area contributed by atoms with Crippen LogP contribution in [0.4, 0.5) is 5.69 Å². The van der Waals surface area contributed by atoms with E-state index < -0.39 is 18.0 Å². The summed E-state index contributed by atoms with van der Waals surface area (Å²) in [5.74, 6) is -0.472. The van der Waals surface area contributed by atoms with Crippen LogP contribution < -0.4 is 10.1 Å². The molecule has 0 aliphatic heterocycles. The highest BCUT2D eigenvalue weighted by Crippen LogP contribution is 2.23. The highest BCUT2D eigenvalue weighted by Gasteiger charge is 2.21. The predicted molar refractivity (Wildman–Crippen MR) is 95.4 cm³/mol. The Kier molecular flexibility index (Phi) is 5.98. The van der Waals surface area contributed by atoms with Crippen molar-refractivity contribution in [2.45, 2.75) is 20.0 Å². The topological polar surface area (TPSA) is 64.6 Å². The number of carbonyl (C=O) groups excluding carboxylic acids is 2. The Bertz CT molecular complexity index is 743. The van der Waals surface area contributed by atoms with Crippen molar-refractivity contribution in [3.05, 3.63) is 58.1 Å². The van der Waals surface area contributed by atoms with E-state index in [1.807, 2.05) is 19.1 Å². The lowest BCUT2D eigenvalue weighted by Gasteiger charge is -2.14. The molecular formula is C18H18BrNO4. The maximum atomic E-state index is 12.3. The molecule has 0 aromatic heterocycles. The van der Waals surface area contributed by atoms with Crippen molar-refractivity contribution < 1.29 is 19.1 Å². The number of nitrogens with one attached hydrogen (secondary N) is 1. The summed E-state index contributed by atoms with van der Waals surface area (Å²) in [6.45, 7) is 3.48. The van der Waals surface area contributed by atoms with Crippen LogP contribution in [0.3, 0.4) is 0 Å². The van der Waals surface area contributed by atoms with Crippen molar-refractivity contribution in [2.75, 3.05) is 12.4 Å². The Morgan fingerprint density at radius 2 is 1.79 bits per heavy atom. The number of hydrogen-bond acceptors (Lipinski definition) is 4. The van der Waals surface area contributed by atoms with Gasteiger partial charge in [-0.05, 0) is 60.1 Å². The minimum Gasteiger partial charge on any atom is -0.497 e. The van der Waals surface area contributed by atoms with Gasteiger partial charge >= 0.3 is 5.97 Å². The minimum absolute atomic E-state index is 0.296. The molecule has 5 nitrogen and oxygen atoms in total. The second-order valence-electron chi connectivity index (χ2n) is 5.25. The molecular weight excluding hydrogens is 374 g/mol. The van der Waals surface area contributed by atoms with Crippen LogP contribution in [0.15, 0.2) is 46.9 Å². The van der Waals surface area contributed by atoms with E-state index in [9.17, 15) is 9.59 Å². The molecule has 24 heavy (non-hydrogen) atoms. The first kappa shape index (κ1) is 18.0. The summed E-state index contributed by atoms with van der Waals surface area (Å²) in [7, 11) is 1.51. The summed E-state index contributed by atoms with van der Waals surface area (Å²) < 4.78 is 10.9. The normalized spacial score (nSPS) is 11.5. The van der Waals surface area contributed by atoms with Gasteiger partial charge in [-0.1, -0.05) is 17.7 Å². The van der Waals surface area contributed by atoms with Crippen molar-refractivity contribution in [3.8, 4) is 5.75 Å². The first-order valence-corrected chi connectivity index (χ1v) is 8.12. The summed E-state index contributed by atoms with van der Waals surface area (Å²) >= 11 is 3.29. The number of aryl methyl sites for hydroxylation is 1. The number of amides is 1. The first-order chi connectivity index (χ1) is 11.4. The van der Waals surface area contributed by atoms with E-state index >= 15 is 0 Å².